The van der Waals surface area contributed by atoms with Gasteiger partial charge in [0.1, 0.15) is 11.0 Å². The molecule has 0 aromatic carbocycles. The molecule has 9 heteroatoms. The number of aromatic nitrogens is 5. The molecule has 1 aliphatic heterocycles. The average Bonchev–Trinajstić information content (AvgIpc) is 3.29. The second kappa shape index (κ2) is 7.58. The molecule has 5 rings (SSSR count). The fourth-order valence-electron chi connectivity index (χ4n) is 4.56. The van der Waals surface area contributed by atoms with Gasteiger partial charge in [-0.25, -0.2) is 19.3 Å². The van der Waals surface area contributed by atoms with Crippen molar-refractivity contribution in [3.8, 4) is 5.82 Å². The maximum absolute atomic E-state index is 13.1. The molecule has 1 atom stereocenters. The predicted octanol–water partition coefficient (Wildman–Crippen LogP) is 1.12. The number of rotatable bonds is 5. The van der Waals surface area contributed by atoms with Gasteiger partial charge in [-0.3, -0.25) is 4.79 Å². The fourth-order valence-corrected chi connectivity index (χ4v) is 4.56. The number of aryl methyl sites for hydroxylation is 1. The monoisotopic (exact) mass is 421 g/mol. The quantitative estimate of drug-likeness (QED) is 0.595. The number of anilines is 1. The van der Waals surface area contributed by atoms with Crippen LogP contribution in [0.25, 0.3) is 16.9 Å². The summed E-state index contributed by atoms with van der Waals surface area (Å²) in [7, 11) is 0. The van der Waals surface area contributed by atoms with Crippen LogP contribution in [0.15, 0.2) is 35.8 Å². The number of hydrogen-bond acceptors (Lipinski definition) is 7. The van der Waals surface area contributed by atoms with Crippen molar-refractivity contribution >= 4 is 17.0 Å². The maximum atomic E-state index is 13.1. The molecule has 0 radical (unpaired) electrons. The van der Waals surface area contributed by atoms with Crippen molar-refractivity contribution in [1.82, 2.24) is 29.6 Å². The molecule has 4 heterocycles. The summed E-state index contributed by atoms with van der Waals surface area (Å²) in [5.74, 6) is 1.16. The third-order valence-corrected chi connectivity index (χ3v) is 6.38. The van der Waals surface area contributed by atoms with Crippen molar-refractivity contribution < 1.29 is 5.11 Å². The average molecular weight is 422 g/mol. The van der Waals surface area contributed by atoms with Crippen LogP contribution in [0.3, 0.4) is 0 Å². The van der Waals surface area contributed by atoms with Gasteiger partial charge in [-0.05, 0) is 30.9 Å². The fraction of sp³-hybridized carbons (Fsp3) is 0.455. The van der Waals surface area contributed by atoms with Crippen LogP contribution >= 0.6 is 0 Å². The molecule has 3 aromatic rings. The van der Waals surface area contributed by atoms with Gasteiger partial charge >= 0.3 is 0 Å². The van der Waals surface area contributed by atoms with Crippen molar-refractivity contribution in [2.24, 2.45) is 0 Å². The largest absolute Gasteiger partial charge is 0.384 e. The van der Waals surface area contributed by atoms with Crippen molar-refractivity contribution in [2.45, 2.75) is 38.3 Å². The highest BCUT2D eigenvalue weighted by molar-refractivity contribution is 5.76. The van der Waals surface area contributed by atoms with E-state index in [9.17, 15) is 9.90 Å². The summed E-state index contributed by atoms with van der Waals surface area (Å²) in [5.41, 5.74) is 1.15. The Hall–Kier alpha value is -3.04. The summed E-state index contributed by atoms with van der Waals surface area (Å²) in [5, 5.41) is 14.8. The van der Waals surface area contributed by atoms with Gasteiger partial charge in [0.15, 0.2) is 11.5 Å². The molecule has 3 aromatic heterocycles. The summed E-state index contributed by atoms with van der Waals surface area (Å²) in [6.45, 7) is 9.44. The number of nitrogens with zero attached hydrogens (tertiary/aromatic N) is 6. The molecule has 0 saturated carbocycles. The summed E-state index contributed by atoms with van der Waals surface area (Å²) >= 11 is 0. The Morgan fingerprint density at radius 3 is 2.84 bits per heavy atom. The first-order chi connectivity index (χ1) is 15.1. The van der Waals surface area contributed by atoms with E-state index in [-0.39, 0.29) is 5.56 Å². The number of fused-ring (bicyclic) bond motifs is 2. The van der Waals surface area contributed by atoms with Crippen molar-refractivity contribution in [1.29, 1.82) is 0 Å². The van der Waals surface area contributed by atoms with Crippen LogP contribution in [0.1, 0.15) is 31.0 Å². The van der Waals surface area contributed by atoms with Gasteiger partial charge in [-0.1, -0.05) is 19.1 Å². The molecular weight excluding hydrogens is 394 g/mol. The zero-order valence-electron chi connectivity index (χ0n) is 17.7. The molecule has 0 amide bonds. The van der Waals surface area contributed by atoms with Gasteiger partial charge in [-0.2, -0.15) is 4.98 Å². The minimum atomic E-state index is -0.932. The van der Waals surface area contributed by atoms with Gasteiger partial charge in [0.25, 0.3) is 5.56 Å². The molecule has 2 N–H and O–H groups in total. The predicted molar refractivity (Wildman–Crippen MR) is 119 cm³/mol. The molecule has 9 nitrogen and oxygen atoms in total. The lowest BCUT2D eigenvalue weighted by atomic mass is 9.98. The number of piperazine rings is 1. The molecule has 31 heavy (non-hydrogen) atoms. The van der Waals surface area contributed by atoms with E-state index in [2.05, 4.69) is 21.8 Å². The van der Waals surface area contributed by atoms with Crippen LogP contribution < -0.4 is 15.8 Å². The van der Waals surface area contributed by atoms with Crippen LogP contribution in [0.2, 0.25) is 0 Å². The Bertz CT molecular complexity index is 1210. The SMILES string of the molecule is C=CCn1c(=O)c2cnc(N3CCNCC3)nc2n1-c1ccc2c(n1)[C@@](O)(CC)CC2. The van der Waals surface area contributed by atoms with E-state index >= 15 is 0 Å². The number of pyridine rings is 1. The highest BCUT2D eigenvalue weighted by Gasteiger charge is 2.37. The maximum Gasteiger partial charge on any atom is 0.278 e. The van der Waals surface area contributed by atoms with Gasteiger partial charge in [-0.15, -0.1) is 6.58 Å². The standard InChI is InChI=1S/C22H27N7O2/c1-3-11-28-20(30)16-14-24-21(27-12-9-23-10-13-27)26-19(16)29(28)17-6-5-15-7-8-22(31,4-2)18(15)25-17/h3,5-6,14,23,31H,1,4,7-13H2,2H3/t22-/m1/s1. The number of nitrogens with one attached hydrogen (secondary N) is 1. The lowest BCUT2D eigenvalue weighted by Gasteiger charge is -2.27. The highest BCUT2D eigenvalue weighted by Crippen LogP contribution is 2.38. The Morgan fingerprint density at radius 1 is 1.29 bits per heavy atom. The summed E-state index contributed by atoms with van der Waals surface area (Å²) in [6, 6.07) is 3.89. The van der Waals surface area contributed by atoms with Crippen LogP contribution in [-0.4, -0.2) is 55.6 Å². The van der Waals surface area contributed by atoms with Crippen LogP contribution in [0.5, 0.6) is 0 Å². The number of allylic oxidation sites excluding steroid dienone is 1. The Kier molecular flexibility index (Phi) is 4.86. The lowest BCUT2D eigenvalue weighted by Crippen LogP contribution is -2.44. The van der Waals surface area contributed by atoms with Crippen molar-refractivity contribution in [3.63, 3.8) is 0 Å². The van der Waals surface area contributed by atoms with E-state index in [1.165, 1.54) is 0 Å². The van der Waals surface area contributed by atoms with Crippen LogP contribution in [0.4, 0.5) is 5.95 Å². The van der Waals surface area contributed by atoms with Crippen LogP contribution in [0, 0.1) is 0 Å². The highest BCUT2D eigenvalue weighted by atomic mass is 16.3. The van der Waals surface area contributed by atoms with E-state index in [1.54, 1.807) is 21.6 Å². The number of hydrogen-bond donors (Lipinski definition) is 2. The Morgan fingerprint density at radius 2 is 2.10 bits per heavy atom. The molecule has 162 valence electrons. The number of aliphatic hydroxyl groups is 1. The van der Waals surface area contributed by atoms with E-state index in [4.69, 9.17) is 9.97 Å². The summed E-state index contributed by atoms with van der Waals surface area (Å²) < 4.78 is 3.31. The zero-order valence-corrected chi connectivity index (χ0v) is 17.7. The molecule has 1 aliphatic carbocycles. The molecule has 0 unspecified atom stereocenters. The van der Waals surface area contributed by atoms with Gasteiger partial charge in [0.05, 0.1) is 12.2 Å². The second-order valence-corrected chi connectivity index (χ2v) is 8.19. The molecule has 2 aliphatic rings. The first-order valence-electron chi connectivity index (χ1n) is 10.8. The smallest absolute Gasteiger partial charge is 0.278 e. The van der Waals surface area contributed by atoms with Gasteiger partial charge < -0.3 is 15.3 Å². The van der Waals surface area contributed by atoms with E-state index in [0.717, 1.165) is 38.2 Å². The Balaban J connectivity index is 1.72. The minimum Gasteiger partial charge on any atom is -0.384 e. The first kappa shape index (κ1) is 19.9. The topological polar surface area (TPSA) is 101 Å². The first-order valence-corrected chi connectivity index (χ1v) is 10.8. The molecular formula is C22H27N7O2. The van der Waals surface area contributed by atoms with E-state index in [0.29, 0.717) is 47.9 Å². The normalized spacial score (nSPS) is 20.9. The van der Waals surface area contributed by atoms with E-state index in [1.807, 2.05) is 19.1 Å². The molecule has 1 saturated heterocycles. The second-order valence-electron chi connectivity index (χ2n) is 8.19. The van der Waals surface area contributed by atoms with Crippen molar-refractivity contribution in [3.05, 3.63) is 52.6 Å². The summed E-state index contributed by atoms with van der Waals surface area (Å²) in [4.78, 5) is 29.3. The van der Waals surface area contributed by atoms with Crippen molar-refractivity contribution in [2.75, 3.05) is 31.1 Å². The minimum absolute atomic E-state index is 0.185. The van der Waals surface area contributed by atoms with Gasteiger partial charge in [0.2, 0.25) is 5.95 Å². The molecule has 0 spiro atoms. The molecule has 0 bridgehead atoms. The van der Waals surface area contributed by atoms with E-state index < -0.39 is 5.60 Å². The summed E-state index contributed by atoms with van der Waals surface area (Å²) in [6.07, 6.45) is 5.34. The molecule has 1 fully saturated rings. The zero-order chi connectivity index (χ0) is 21.6. The van der Waals surface area contributed by atoms with Gasteiger partial charge in [0, 0.05) is 32.4 Å². The third kappa shape index (κ3) is 3.16. The Labute approximate surface area is 180 Å². The third-order valence-electron chi connectivity index (χ3n) is 6.38. The van der Waals surface area contributed by atoms with Crippen LogP contribution in [-0.2, 0) is 18.6 Å². The lowest BCUT2D eigenvalue weighted by molar-refractivity contribution is 0.0306.